The number of hydrogen-bond donors (Lipinski definition) is 2. The highest BCUT2D eigenvalue weighted by atomic mass is 35.5. The molecule has 0 aromatic heterocycles. The molecule has 0 amide bonds. The van der Waals surface area contributed by atoms with Gasteiger partial charge in [0.1, 0.15) is 0 Å². The van der Waals surface area contributed by atoms with Gasteiger partial charge in [-0.15, -0.1) is 0 Å². The summed E-state index contributed by atoms with van der Waals surface area (Å²) in [5.74, 6) is 1.71. The largest absolute Gasteiger partial charge is 0.372 e. The van der Waals surface area contributed by atoms with E-state index in [4.69, 9.17) is 34.8 Å². The van der Waals surface area contributed by atoms with Crippen molar-refractivity contribution in [3.05, 3.63) is 69.3 Å². The highest BCUT2D eigenvalue weighted by molar-refractivity contribution is 6.35. The van der Waals surface area contributed by atoms with Crippen molar-refractivity contribution in [3.63, 3.8) is 0 Å². The molecule has 6 heteroatoms. The van der Waals surface area contributed by atoms with Crippen LogP contribution < -0.4 is 10.6 Å². The van der Waals surface area contributed by atoms with Crippen molar-refractivity contribution in [2.45, 2.75) is 32.2 Å². The Bertz CT molecular complexity index is 776. The van der Waals surface area contributed by atoms with E-state index in [0.717, 1.165) is 41.2 Å². The molecule has 3 rings (SSSR count). The smallest absolute Gasteiger partial charge is 0.0468 e. The predicted molar refractivity (Wildman–Crippen MR) is 130 cm³/mol. The molecule has 2 N–H and O–H groups in total. The minimum Gasteiger partial charge on any atom is -0.372 e. The summed E-state index contributed by atoms with van der Waals surface area (Å²) in [4.78, 5) is 2.43. The van der Waals surface area contributed by atoms with Crippen LogP contribution in [-0.2, 0) is 0 Å². The predicted octanol–water partition coefficient (Wildman–Crippen LogP) is 6.16. The zero-order valence-corrected chi connectivity index (χ0v) is 19.9. The van der Waals surface area contributed by atoms with Gasteiger partial charge in [0.15, 0.2) is 0 Å². The highest BCUT2D eigenvalue weighted by Gasteiger charge is 2.28. The van der Waals surface area contributed by atoms with Gasteiger partial charge < -0.3 is 15.5 Å². The Hall–Kier alpha value is -0.970. The summed E-state index contributed by atoms with van der Waals surface area (Å²) < 4.78 is 0. The lowest BCUT2D eigenvalue weighted by Crippen LogP contribution is -2.35. The topological polar surface area (TPSA) is 27.3 Å². The molecule has 3 nitrogen and oxygen atoms in total. The Kier molecular flexibility index (Phi) is 9.15. The van der Waals surface area contributed by atoms with Gasteiger partial charge in [-0.1, -0.05) is 47.4 Å². The second-order valence-electron chi connectivity index (χ2n) is 8.25. The summed E-state index contributed by atoms with van der Waals surface area (Å²) in [5.41, 5.74) is 2.15. The molecule has 0 spiro atoms. The summed E-state index contributed by atoms with van der Waals surface area (Å²) in [6.45, 7) is 11.2. The first-order chi connectivity index (χ1) is 14.5. The fourth-order valence-electron chi connectivity index (χ4n) is 4.46. The molecular weight excluding hydrogens is 437 g/mol. The number of allylic oxidation sites excluding steroid dienone is 3. The van der Waals surface area contributed by atoms with Crippen molar-refractivity contribution >= 4 is 34.8 Å². The van der Waals surface area contributed by atoms with E-state index in [1.807, 2.05) is 24.3 Å². The minimum absolute atomic E-state index is 0.0730. The lowest BCUT2D eigenvalue weighted by molar-refractivity contribution is 0.187. The Morgan fingerprint density at radius 1 is 1.23 bits per heavy atom. The van der Waals surface area contributed by atoms with E-state index in [9.17, 15) is 0 Å². The van der Waals surface area contributed by atoms with Crippen LogP contribution in [0.15, 0.2) is 53.7 Å². The van der Waals surface area contributed by atoms with E-state index in [1.165, 1.54) is 32.4 Å². The second kappa shape index (κ2) is 11.6. The third kappa shape index (κ3) is 6.51. The quantitative estimate of drug-likeness (QED) is 0.447. The van der Waals surface area contributed by atoms with Gasteiger partial charge in [0, 0.05) is 46.5 Å². The first kappa shape index (κ1) is 23.7. The van der Waals surface area contributed by atoms with Crippen LogP contribution in [-0.4, -0.2) is 37.6 Å². The molecule has 164 valence electrons. The van der Waals surface area contributed by atoms with Crippen molar-refractivity contribution in [1.29, 1.82) is 0 Å². The van der Waals surface area contributed by atoms with Gasteiger partial charge in [0.05, 0.1) is 0 Å². The van der Waals surface area contributed by atoms with E-state index in [2.05, 4.69) is 35.1 Å². The number of piperidine rings is 1. The molecule has 2 heterocycles. The molecule has 1 unspecified atom stereocenters. The summed E-state index contributed by atoms with van der Waals surface area (Å²) in [5, 5.41) is 8.96. The number of rotatable bonds is 8. The third-order valence-electron chi connectivity index (χ3n) is 6.32. The Morgan fingerprint density at radius 2 is 2.00 bits per heavy atom. The Labute approximate surface area is 196 Å². The van der Waals surface area contributed by atoms with Gasteiger partial charge in [-0.2, -0.15) is 0 Å². The van der Waals surface area contributed by atoms with Gasteiger partial charge in [0.25, 0.3) is 0 Å². The molecule has 30 heavy (non-hydrogen) atoms. The zero-order chi connectivity index (χ0) is 21.5. The van der Waals surface area contributed by atoms with Crippen LogP contribution in [0.3, 0.4) is 0 Å². The highest BCUT2D eigenvalue weighted by Crippen LogP contribution is 2.30. The molecule has 2 aliphatic rings. The molecule has 0 saturated carbocycles. The van der Waals surface area contributed by atoms with Crippen LogP contribution in [0.1, 0.15) is 37.8 Å². The molecule has 2 saturated heterocycles. The van der Waals surface area contributed by atoms with Gasteiger partial charge in [-0.25, -0.2) is 0 Å². The average molecular weight is 469 g/mol. The number of halogens is 3. The van der Waals surface area contributed by atoms with Crippen LogP contribution in [0, 0.1) is 11.8 Å². The van der Waals surface area contributed by atoms with Crippen molar-refractivity contribution < 1.29 is 0 Å². The number of nitrogens with zero attached hydrogens (tertiary/aromatic N) is 1. The van der Waals surface area contributed by atoms with Gasteiger partial charge in [0.2, 0.25) is 0 Å². The third-order valence-corrected chi connectivity index (χ3v) is 7.14. The van der Waals surface area contributed by atoms with Crippen molar-refractivity contribution in [2.75, 3.05) is 32.7 Å². The zero-order valence-electron chi connectivity index (χ0n) is 17.6. The molecule has 0 bridgehead atoms. The maximum absolute atomic E-state index is 6.47. The van der Waals surface area contributed by atoms with E-state index in [1.54, 1.807) is 6.07 Å². The SMILES string of the molecule is C=C/C(=C\C=C(\Cl)CN[C@H](C)c1ccc(Cl)cc1Cl)N1CCC(C2CCNC2)CC1. The van der Waals surface area contributed by atoms with Gasteiger partial charge in [-0.05, 0) is 87.0 Å². The Morgan fingerprint density at radius 3 is 2.63 bits per heavy atom. The lowest BCUT2D eigenvalue weighted by Gasteiger charge is -2.36. The first-order valence-electron chi connectivity index (χ1n) is 10.8. The maximum Gasteiger partial charge on any atom is 0.0468 e. The van der Waals surface area contributed by atoms with Crippen LogP contribution in [0.5, 0.6) is 0 Å². The summed E-state index contributed by atoms with van der Waals surface area (Å²) in [6, 6.07) is 5.63. The van der Waals surface area contributed by atoms with E-state index in [0.29, 0.717) is 16.6 Å². The molecule has 0 radical (unpaired) electrons. The van der Waals surface area contributed by atoms with Crippen LogP contribution in [0.4, 0.5) is 0 Å². The number of nitrogens with one attached hydrogen (secondary N) is 2. The van der Waals surface area contributed by atoms with Crippen LogP contribution in [0.2, 0.25) is 10.0 Å². The summed E-state index contributed by atoms with van der Waals surface area (Å²) in [7, 11) is 0. The molecule has 0 aliphatic carbocycles. The lowest BCUT2D eigenvalue weighted by atomic mass is 9.83. The molecule has 1 aromatic carbocycles. The van der Waals surface area contributed by atoms with E-state index >= 15 is 0 Å². The monoisotopic (exact) mass is 467 g/mol. The number of likely N-dealkylation sites (tertiary alicyclic amines) is 1. The fourth-order valence-corrected chi connectivity index (χ4v) is 5.17. The fraction of sp³-hybridized carbons (Fsp3) is 0.500. The molecule has 2 atom stereocenters. The number of hydrogen-bond acceptors (Lipinski definition) is 3. The summed E-state index contributed by atoms with van der Waals surface area (Å²) >= 11 is 18.7. The van der Waals surface area contributed by atoms with E-state index < -0.39 is 0 Å². The molecule has 2 fully saturated rings. The second-order valence-corrected chi connectivity index (χ2v) is 9.58. The van der Waals surface area contributed by atoms with E-state index in [-0.39, 0.29) is 6.04 Å². The maximum atomic E-state index is 6.47. The Balaban J connectivity index is 1.51. The van der Waals surface area contributed by atoms with Crippen molar-refractivity contribution in [1.82, 2.24) is 15.5 Å². The molecular formula is C24H32Cl3N3. The van der Waals surface area contributed by atoms with Crippen LogP contribution in [0.25, 0.3) is 0 Å². The molecule has 1 aromatic rings. The standard InChI is InChI=1S/C24H32Cl3N3/c1-3-22(30-12-9-18(10-13-30)19-8-11-28-15-19)6-4-21(26)16-29-17(2)23-7-5-20(25)14-24(23)27/h3-7,14,17-19,28-29H,1,8-13,15-16H2,2H3/b21-4+,22-6+/t17-,19?/m1/s1. The van der Waals surface area contributed by atoms with Crippen molar-refractivity contribution in [3.8, 4) is 0 Å². The number of benzene rings is 1. The summed E-state index contributed by atoms with van der Waals surface area (Å²) in [6.07, 6.45) is 9.83. The average Bonchev–Trinajstić information content (AvgIpc) is 3.28. The van der Waals surface area contributed by atoms with Gasteiger partial charge in [-0.3, -0.25) is 0 Å². The first-order valence-corrected chi connectivity index (χ1v) is 11.9. The van der Waals surface area contributed by atoms with Crippen LogP contribution >= 0.6 is 34.8 Å². The molecule has 2 aliphatic heterocycles. The normalized spacial score (nSPS) is 22.4. The van der Waals surface area contributed by atoms with Crippen molar-refractivity contribution in [2.24, 2.45) is 11.8 Å². The minimum atomic E-state index is 0.0730. The van der Waals surface area contributed by atoms with Gasteiger partial charge >= 0.3 is 0 Å².